The van der Waals surface area contributed by atoms with E-state index in [2.05, 4.69) is 10.4 Å². The molecule has 0 saturated carbocycles. The quantitative estimate of drug-likeness (QED) is 0.772. The minimum Gasteiger partial charge on any atom is -0.323 e. The van der Waals surface area contributed by atoms with E-state index in [-0.39, 0.29) is 5.91 Å². The Labute approximate surface area is 137 Å². The van der Waals surface area contributed by atoms with Crippen LogP contribution in [-0.4, -0.2) is 15.7 Å². The van der Waals surface area contributed by atoms with Crippen LogP contribution in [-0.2, 0) is 17.8 Å². The minimum absolute atomic E-state index is 0.0419. The molecule has 0 atom stereocenters. The molecular weight excluding hydrogens is 318 g/mol. The Kier molecular flexibility index (Phi) is 4.56. The van der Waals surface area contributed by atoms with Gasteiger partial charge in [0.25, 0.3) is 0 Å². The predicted molar refractivity (Wildman–Crippen MR) is 89.4 cm³/mol. The van der Waals surface area contributed by atoms with Crippen molar-refractivity contribution in [2.75, 3.05) is 5.32 Å². The van der Waals surface area contributed by atoms with Crippen LogP contribution in [0.5, 0.6) is 0 Å². The lowest BCUT2D eigenvalue weighted by Crippen LogP contribution is -2.13. The number of halogens is 1. The van der Waals surface area contributed by atoms with Crippen molar-refractivity contribution in [3.8, 4) is 0 Å². The summed E-state index contributed by atoms with van der Waals surface area (Å²) in [5, 5.41) is 9.77. The van der Waals surface area contributed by atoms with Crippen LogP contribution in [0.15, 0.2) is 54.2 Å². The van der Waals surface area contributed by atoms with Crippen LogP contribution in [0.2, 0.25) is 5.02 Å². The van der Waals surface area contributed by atoms with Gasteiger partial charge < -0.3 is 5.32 Å². The molecule has 3 aromatic rings. The van der Waals surface area contributed by atoms with E-state index in [1.54, 1.807) is 28.4 Å². The number of rotatable bonds is 5. The number of thiophene rings is 1. The van der Waals surface area contributed by atoms with Gasteiger partial charge in [0.1, 0.15) is 0 Å². The van der Waals surface area contributed by atoms with Gasteiger partial charge in [-0.05, 0) is 23.1 Å². The van der Waals surface area contributed by atoms with Gasteiger partial charge in [0, 0.05) is 16.1 Å². The van der Waals surface area contributed by atoms with Gasteiger partial charge in [-0.1, -0.05) is 35.9 Å². The summed E-state index contributed by atoms with van der Waals surface area (Å²) < 4.78 is 1.75. The molecule has 0 aliphatic rings. The maximum absolute atomic E-state index is 11.9. The molecule has 1 aromatic carbocycles. The molecule has 1 amide bonds. The zero-order valence-electron chi connectivity index (χ0n) is 11.7. The zero-order chi connectivity index (χ0) is 15.4. The number of amides is 1. The molecule has 2 aromatic heterocycles. The van der Waals surface area contributed by atoms with Crippen molar-refractivity contribution in [3.05, 3.63) is 69.6 Å². The van der Waals surface area contributed by atoms with Crippen LogP contribution < -0.4 is 5.32 Å². The van der Waals surface area contributed by atoms with Crippen LogP contribution in [0.4, 0.5) is 5.69 Å². The number of hydrogen-bond acceptors (Lipinski definition) is 3. The molecule has 22 heavy (non-hydrogen) atoms. The number of anilines is 1. The summed E-state index contributed by atoms with van der Waals surface area (Å²) >= 11 is 7.71. The Bertz CT molecular complexity index is 767. The zero-order valence-corrected chi connectivity index (χ0v) is 13.3. The summed E-state index contributed by atoms with van der Waals surface area (Å²) in [6, 6.07) is 11.5. The SMILES string of the molecule is O=C(Cc1cccs1)Nc1cnn(Cc2ccccc2Cl)c1. The molecule has 0 fully saturated rings. The number of nitrogens with zero attached hydrogens (tertiary/aromatic N) is 2. The molecule has 0 spiro atoms. The van der Waals surface area contributed by atoms with Crippen LogP contribution >= 0.6 is 22.9 Å². The average Bonchev–Trinajstić information content (AvgIpc) is 3.14. The molecule has 3 rings (SSSR count). The lowest BCUT2D eigenvalue weighted by molar-refractivity contribution is -0.115. The van der Waals surface area contributed by atoms with Gasteiger partial charge in [-0.25, -0.2) is 0 Å². The average molecular weight is 332 g/mol. The van der Waals surface area contributed by atoms with Crippen molar-refractivity contribution < 1.29 is 4.79 Å². The highest BCUT2D eigenvalue weighted by atomic mass is 35.5. The molecular formula is C16H14ClN3OS. The van der Waals surface area contributed by atoms with E-state index in [0.717, 1.165) is 10.4 Å². The number of benzene rings is 1. The first-order valence-electron chi connectivity index (χ1n) is 6.79. The second kappa shape index (κ2) is 6.77. The van der Waals surface area contributed by atoms with Gasteiger partial charge in [0.15, 0.2) is 0 Å². The smallest absolute Gasteiger partial charge is 0.229 e. The molecule has 6 heteroatoms. The number of nitrogens with one attached hydrogen (secondary N) is 1. The van der Waals surface area contributed by atoms with E-state index in [0.29, 0.717) is 23.7 Å². The van der Waals surface area contributed by atoms with Gasteiger partial charge in [-0.2, -0.15) is 5.10 Å². The molecule has 4 nitrogen and oxygen atoms in total. The third-order valence-corrected chi connectivity index (χ3v) is 4.37. The van der Waals surface area contributed by atoms with Crippen molar-refractivity contribution in [2.24, 2.45) is 0 Å². The monoisotopic (exact) mass is 331 g/mol. The topological polar surface area (TPSA) is 46.9 Å². The van der Waals surface area contributed by atoms with Crippen molar-refractivity contribution in [1.29, 1.82) is 0 Å². The van der Waals surface area contributed by atoms with Gasteiger partial charge in [-0.3, -0.25) is 9.48 Å². The number of carbonyl (C=O) groups excluding carboxylic acids is 1. The second-order valence-electron chi connectivity index (χ2n) is 4.82. The van der Waals surface area contributed by atoms with Crippen molar-refractivity contribution in [2.45, 2.75) is 13.0 Å². The first kappa shape index (κ1) is 14.8. The first-order valence-corrected chi connectivity index (χ1v) is 8.04. The Balaban J connectivity index is 1.61. The number of aromatic nitrogens is 2. The Morgan fingerprint density at radius 3 is 2.91 bits per heavy atom. The normalized spacial score (nSPS) is 10.6. The van der Waals surface area contributed by atoms with Crippen LogP contribution in [0.25, 0.3) is 0 Å². The number of carbonyl (C=O) groups is 1. The van der Waals surface area contributed by atoms with Crippen molar-refractivity contribution in [1.82, 2.24) is 9.78 Å². The van der Waals surface area contributed by atoms with Crippen LogP contribution in [0, 0.1) is 0 Å². The summed E-state index contributed by atoms with van der Waals surface area (Å²) in [5.41, 5.74) is 1.68. The van der Waals surface area contributed by atoms with Crippen molar-refractivity contribution >= 4 is 34.5 Å². The molecule has 0 bridgehead atoms. The molecule has 0 unspecified atom stereocenters. The lowest BCUT2D eigenvalue weighted by atomic mass is 10.2. The highest BCUT2D eigenvalue weighted by Gasteiger charge is 2.07. The van der Waals surface area contributed by atoms with Gasteiger partial charge >= 0.3 is 0 Å². The molecule has 1 N–H and O–H groups in total. The largest absolute Gasteiger partial charge is 0.323 e. The maximum atomic E-state index is 11.9. The van der Waals surface area contributed by atoms with Crippen LogP contribution in [0.3, 0.4) is 0 Å². The number of hydrogen-bond donors (Lipinski definition) is 1. The van der Waals surface area contributed by atoms with Crippen LogP contribution in [0.1, 0.15) is 10.4 Å². The van der Waals surface area contributed by atoms with Crippen molar-refractivity contribution in [3.63, 3.8) is 0 Å². The fraction of sp³-hybridized carbons (Fsp3) is 0.125. The van der Waals surface area contributed by atoms with E-state index in [1.807, 2.05) is 41.8 Å². The third kappa shape index (κ3) is 3.75. The van der Waals surface area contributed by atoms with Gasteiger partial charge in [0.2, 0.25) is 5.91 Å². The maximum Gasteiger partial charge on any atom is 0.229 e. The second-order valence-corrected chi connectivity index (χ2v) is 6.26. The molecule has 0 saturated heterocycles. The lowest BCUT2D eigenvalue weighted by Gasteiger charge is -2.04. The summed E-state index contributed by atoms with van der Waals surface area (Å²) in [4.78, 5) is 13.0. The highest BCUT2D eigenvalue weighted by molar-refractivity contribution is 7.10. The van der Waals surface area contributed by atoms with Gasteiger partial charge in [-0.15, -0.1) is 11.3 Å². The molecule has 112 valence electrons. The van der Waals surface area contributed by atoms with E-state index >= 15 is 0 Å². The molecule has 0 aliphatic carbocycles. The van der Waals surface area contributed by atoms with E-state index in [9.17, 15) is 4.79 Å². The summed E-state index contributed by atoms with van der Waals surface area (Å²) in [6.45, 7) is 0.570. The fourth-order valence-corrected chi connectivity index (χ4v) is 2.99. The molecule has 0 radical (unpaired) electrons. The fourth-order valence-electron chi connectivity index (χ4n) is 2.09. The molecule has 2 heterocycles. The Morgan fingerprint density at radius 1 is 1.27 bits per heavy atom. The first-order chi connectivity index (χ1) is 10.7. The van der Waals surface area contributed by atoms with Gasteiger partial charge in [0.05, 0.1) is 24.8 Å². The van der Waals surface area contributed by atoms with E-state index < -0.39 is 0 Å². The Morgan fingerprint density at radius 2 is 2.14 bits per heavy atom. The molecule has 0 aliphatic heterocycles. The summed E-state index contributed by atoms with van der Waals surface area (Å²) in [6.07, 6.45) is 3.83. The Hall–Kier alpha value is -2.11. The van der Waals surface area contributed by atoms with E-state index in [1.165, 1.54) is 0 Å². The highest BCUT2D eigenvalue weighted by Crippen LogP contribution is 2.17. The van der Waals surface area contributed by atoms with E-state index in [4.69, 9.17) is 11.6 Å². The summed E-state index contributed by atoms with van der Waals surface area (Å²) in [5.74, 6) is -0.0419. The third-order valence-electron chi connectivity index (χ3n) is 3.12. The minimum atomic E-state index is -0.0419. The summed E-state index contributed by atoms with van der Waals surface area (Å²) in [7, 11) is 0. The standard InChI is InChI=1S/C16H14ClN3OS/c17-15-6-2-1-4-12(15)10-20-11-13(9-18-20)19-16(21)8-14-5-3-7-22-14/h1-7,9,11H,8,10H2,(H,19,21). The predicted octanol–water partition coefficient (Wildman–Crippen LogP) is 3.83.